The minimum Gasteiger partial charge on any atom is -0.497 e. The lowest BCUT2D eigenvalue weighted by atomic mass is 10.2. The van der Waals surface area contributed by atoms with Gasteiger partial charge in [-0.3, -0.25) is 0 Å². The molecule has 0 radical (unpaired) electrons. The summed E-state index contributed by atoms with van der Waals surface area (Å²) in [6.45, 7) is 0.263. The molecule has 2 aromatic rings. The fourth-order valence-corrected chi connectivity index (χ4v) is 1.72. The molecule has 1 aromatic heterocycles. The third-order valence-corrected chi connectivity index (χ3v) is 2.83. The number of nitrogens with zero attached hydrogens (tertiary/aromatic N) is 2. The summed E-state index contributed by atoms with van der Waals surface area (Å²) in [4.78, 5) is 4.28. The number of ether oxygens (including phenoxy) is 3. The second-order valence-corrected chi connectivity index (χ2v) is 4.02. The Labute approximate surface area is 116 Å². The van der Waals surface area contributed by atoms with Crippen molar-refractivity contribution in [2.75, 3.05) is 27.9 Å². The van der Waals surface area contributed by atoms with Gasteiger partial charge in [0.1, 0.15) is 17.6 Å². The highest BCUT2D eigenvalue weighted by molar-refractivity contribution is 5.60. The fraction of sp³-hybridized carbons (Fsp3) is 0.385. The number of rotatable bonds is 6. The summed E-state index contributed by atoms with van der Waals surface area (Å²) in [5, 5.41) is 3.92. The van der Waals surface area contributed by atoms with E-state index in [2.05, 4.69) is 10.1 Å². The molecule has 20 heavy (non-hydrogen) atoms. The van der Waals surface area contributed by atoms with Crippen molar-refractivity contribution in [3.63, 3.8) is 0 Å². The zero-order valence-electron chi connectivity index (χ0n) is 11.6. The molecule has 1 heterocycles. The van der Waals surface area contributed by atoms with Crippen LogP contribution in [0.1, 0.15) is 12.0 Å². The first-order chi connectivity index (χ1) is 9.71. The maximum Gasteiger partial charge on any atom is 0.257 e. The topological polar surface area (TPSA) is 92.6 Å². The van der Waals surface area contributed by atoms with Gasteiger partial charge in [0.05, 0.1) is 14.2 Å². The van der Waals surface area contributed by atoms with E-state index in [9.17, 15) is 0 Å². The van der Waals surface area contributed by atoms with Gasteiger partial charge >= 0.3 is 0 Å². The van der Waals surface area contributed by atoms with E-state index in [1.807, 2.05) is 0 Å². The highest BCUT2D eigenvalue weighted by Gasteiger charge is 2.18. The second kappa shape index (κ2) is 6.36. The van der Waals surface area contributed by atoms with Gasteiger partial charge in [0, 0.05) is 25.3 Å². The Hall–Kier alpha value is -2.12. The molecule has 0 amide bonds. The average Bonchev–Trinajstić information content (AvgIpc) is 2.97. The van der Waals surface area contributed by atoms with Crippen LogP contribution >= 0.6 is 0 Å². The summed E-state index contributed by atoms with van der Waals surface area (Å²) < 4.78 is 20.7. The summed E-state index contributed by atoms with van der Waals surface area (Å²) in [5.41, 5.74) is 6.29. The Morgan fingerprint density at radius 2 is 1.80 bits per heavy atom. The molecule has 2 rings (SSSR count). The van der Waals surface area contributed by atoms with Crippen LogP contribution in [0.5, 0.6) is 11.5 Å². The van der Waals surface area contributed by atoms with Gasteiger partial charge in [0.25, 0.3) is 5.89 Å². The molecule has 0 saturated carbocycles. The van der Waals surface area contributed by atoms with Crippen LogP contribution in [-0.2, 0) is 4.74 Å². The zero-order chi connectivity index (χ0) is 14.5. The minimum atomic E-state index is -0.413. The van der Waals surface area contributed by atoms with Crippen molar-refractivity contribution in [3.8, 4) is 22.9 Å². The van der Waals surface area contributed by atoms with E-state index in [4.69, 9.17) is 24.5 Å². The van der Waals surface area contributed by atoms with Gasteiger partial charge in [-0.25, -0.2) is 0 Å². The van der Waals surface area contributed by atoms with E-state index in [0.29, 0.717) is 23.2 Å². The van der Waals surface area contributed by atoms with Crippen molar-refractivity contribution in [2.45, 2.75) is 6.10 Å². The van der Waals surface area contributed by atoms with E-state index in [0.717, 1.165) is 5.56 Å². The summed E-state index contributed by atoms with van der Waals surface area (Å²) in [7, 11) is 4.70. The molecule has 7 heteroatoms. The maximum atomic E-state index is 5.56. The normalized spacial score (nSPS) is 12.2. The molecule has 7 nitrogen and oxygen atoms in total. The molecular formula is C13H17N3O4. The Kier molecular flexibility index (Phi) is 4.54. The van der Waals surface area contributed by atoms with E-state index < -0.39 is 6.10 Å². The molecule has 1 atom stereocenters. The summed E-state index contributed by atoms with van der Waals surface area (Å²) in [6, 6.07) is 5.35. The SMILES string of the molecule is COc1cc(OC)cc(-c2noc(C(CN)OC)n2)c1. The molecule has 0 spiro atoms. The van der Waals surface area contributed by atoms with Gasteiger partial charge in [0.2, 0.25) is 5.82 Å². The van der Waals surface area contributed by atoms with Crippen LogP contribution in [0.4, 0.5) is 0 Å². The van der Waals surface area contributed by atoms with E-state index in [1.54, 1.807) is 32.4 Å². The lowest BCUT2D eigenvalue weighted by Crippen LogP contribution is -2.14. The highest BCUT2D eigenvalue weighted by atomic mass is 16.5. The number of nitrogens with two attached hydrogens (primary N) is 1. The Balaban J connectivity index is 2.36. The van der Waals surface area contributed by atoms with Gasteiger partial charge < -0.3 is 24.5 Å². The Morgan fingerprint density at radius 3 is 2.30 bits per heavy atom. The third-order valence-electron chi connectivity index (χ3n) is 2.83. The first kappa shape index (κ1) is 14.3. The number of methoxy groups -OCH3 is 3. The quantitative estimate of drug-likeness (QED) is 0.854. The van der Waals surface area contributed by atoms with E-state index in [-0.39, 0.29) is 6.54 Å². The second-order valence-electron chi connectivity index (χ2n) is 4.02. The number of hydrogen-bond donors (Lipinski definition) is 1. The lowest BCUT2D eigenvalue weighted by molar-refractivity contribution is 0.0804. The zero-order valence-corrected chi connectivity index (χ0v) is 11.6. The number of hydrogen-bond acceptors (Lipinski definition) is 7. The largest absolute Gasteiger partial charge is 0.497 e. The maximum absolute atomic E-state index is 5.56. The third kappa shape index (κ3) is 2.89. The van der Waals surface area contributed by atoms with Crippen molar-refractivity contribution < 1.29 is 18.7 Å². The molecule has 0 aliphatic carbocycles. The van der Waals surface area contributed by atoms with Gasteiger partial charge in [-0.05, 0) is 12.1 Å². The van der Waals surface area contributed by atoms with Gasteiger partial charge in [0.15, 0.2) is 0 Å². The Bertz CT molecular complexity index is 544. The molecule has 1 unspecified atom stereocenters. The predicted octanol–water partition coefficient (Wildman–Crippen LogP) is 1.40. The first-order valence-electron chi connectivity index (χ1n) is 6.01. The molecule has 1 aromatic carbocycles. The Morgan fingerprint density at radius 1 is 1.15 bits per heavy atom. The van der Waals surface area contributed by atoms with Crippen LogP contribution in [0.25, 0.3) is 11.4 Å². The summed E-state index contributed by atoms with van der Waals surface area (Å²) in [6.07, 6.45) is -0.413. The lowest BCUT2D eigenvalue weighted by Gasteiger charge is -2.06. The predicted molar refractivity (Wildman–Crippen MR) is 71.6 cm³/mol. The number of aromatic nitrogens is 2. The molecule has 108 valence electrons. The van der Waals surface area contributed by atoms with Crippen molar-refractivity contribution in [1.82, 2.24) is 10.1 Å². The minimum absolute atomic E-state index is 0.263. The van der Waals surface area contributed by atoms with Crippen LogP contribution in [0.15, 0.2) is 22.7 Å². The fourth-order valence-electron chi connectivity index (χ4n) is 1.72. The van der Waals surface area contributed by atoms with Crippen molar-refractivity contribution in [1.29, 1.82) is 0 Å². The average molecular weight is 279 g/mol. The van der Waals surface area contributed by atoms with E-state index in [1.165, 1.54) is 7.11 Å². The van der Waals surface area contributed by atoms with Gasteiger partial charge in [-0.1, -0.05) is 5.16 Å². The summed E-state index contributed by atoms with van der Waals surface area (Å²) >= 11 is 0. The number of benzene rings is 1. The van der Waals surface area contributed by atoms with Crippen molar-refractivity contribution >= 4 is 0 Å². The molecule has 0 aliphatic rings. The van der Waals surface area contributed by atoms with Gasteiger partial charge in [-0.15, -0.1) is 0 Å². The van der Waals surface area contributed by atoms with Crippen LogP contribution in [-0.4, -0.2) is 38.0 Å². The molecular weight excluding hydrogens is 262 g/mol. The van der Waals surface area contributed by atoms with Crippen molar-refractivity contribution in [2.24, 2.45) is 5.73 Å². The smallest absolute Gasteiger partial charge is 0.257 e. The highest BCUT2D eigenvalue weighted by Crippen LogP contribution is 2.28. The first-order valence-corrected chi connectivity index (χ1v) is 6.01. The standard InChI is InChI=1S/C13H17N3O4/c1-17-9-4-8(5-10(6-9)18-2)12-15-13(20-16-12)11(7-14)19-3/h4-6,11H,7,14H2,1-3H3. The van der Waals surface area contributed by atoms with Crippen LogP contribution in [0.2, 0.25) is 0 Å². The molecule has 0 saturated heterocycles. The monoisotopic (exact) mass is 279 g/mol. The van der Waals surface area contributed by atoms with Crippen LogP contribution < -0.4 is 15.2 Å². The van der Waals surface area contributed by atoms with Crippen LogP contribution in [0, 0.1) is 0 Å². The molecule has 2 N–H and O–H groups in total. The molecule has 0 aliphatic heterocycles. The van der Waals surface area contributed by atoms with Crippen molar-refractivity contribution in [3.05, 3.63) is 24.1 Å². The van der Waals surface area contributed by atoms with E-state index >= 15 is 0 Å². The molecule has 0 bridgehead atoms. The van der Waals surface area contributed by atoms with Crippen LogP contribution in [0.3, 0.4) is 0 Å². The summed E-state index contributed by atoms with van der Waals surface area (Å²) in [5.74, 6) is 2.06. The molecule has 0 fully saturated rings. The van der Waals surface area contributed by atoms with Gasteiger partial charge in [-0.2, -0.15) is 4.98 Å².